The quantitative estimate of drug-likeness (QED) is 0.499. The molecule has 25 heavy (non-hydrogen) atoms. The van der Waals surface area contributed by atoms with Crippen molar-refractivity contribution in [1.82, 2.24) is 10.6 Å². The molecule has 0 aromatic heterocycles. The van der Waals surface area contributed by atoms with Crippen LogP contribution < -0.4 is 10.6 Å². The van der Waals surface area contributed by atoms with Gasteiger partial charge in [-0.15, -0.1) is 0 Å². The number of nitrogens with one attached hydrogen (secondary N) is 2. The Bertz CT molecular complexity index is 424. The third kappa shape index (κ3) is 7.32. The van der Waals surface area contributed by atoms with Gasteiger partial charge in [0.15, 0.2) is 0 Å². The molecule has 0 aliphatic carbocycles. The lowest BCUT2D eigenvalue weighted by atomic mass is 9.90. The second-order valence-corrected chi connectivity index (χ2v) is 7.87. The van der Waals surface area contributed by atoms with E-state index in [2.05, 4.69) is 31.4 Å². The minimum Gasteiger partial charge on any atom is -0.480 e. The molecule has 6 heteroatoms. The van der Waals surface area contributed by atoms with E-state index in [0.717, 1.165) is 12.8 Å². The van der Waals surface area contributed by atoms with Crippen molar-refractivity contribution in [3.8, 4) is 0 Å². The number of hydrogen-bond donors (Lipinski definition) is 3. The van der Waals surface area contributed by atoms with E-state index >= 15 is 0 Å². The monoisotopic (exact) mass is 358 g/mol. The Morgan fingerprint density at radius 1 is 1.12 bits per heavy atom. The molecule has 1 amide bonds. The van der Waals surface area contributed by atoms with Crippen molar-refractivity contribution in [2.75, 3.05) is 13.7 Å². The number of carboxylic acid groups (broad SMARTS) is 1. The number of carbonyl (C=O) groups is 2. The van der Waals surface area contributed by atoms with E-state index in [1.807, 2.05) is 7.05 Å². The standard InChI is InChI=1S/C19H38N2O4/c1-9-13(5)16(20-8)14(10-2)25-11-19(6,7)18(24)21-15(12(3)4)17(22)23/h12-16,20H,9-11H2,1-8H3,(H,21,24)(H,22,23)/t13-,14?,15+,16+/m1/s1. The number of carbonyl (C=O) groups excluding carboxylic acids is 1. The van der Waals surface area contributed by atoms with Crippen molar-refractivity contribution in [2.24, 2.45) is 17.3 Å². The molecule has 0 spiro atoms. The zero-order valence-electron chi connectivity index (χ0n) is 17.2. The molecule has 0 fully saturated rings. The molecular formula is C19H38N2O4. The summed E-state index contributed by atoms with van der Waals surface area (Å²) in [4.78, 5) is 23.8. The zero-order chi connectivity index (χ0) is 19.8. The van der Waals surface area contributed by atoms with Gasteiger partial charge < -0.3 is 20.5 Å². The molecule has 0 aliphatic rings. The van der Waals surface area contributed by atoms with Gasteiger partial charge in [-0.2, -0.15) is 0 Å². The first-order chi connectivity index (χ1) is 11.5. The zero-order valence-corrected chi connectivity index (χ0v) is 17.2. The Morgan fingerprint density at radius 2 is 1.68 bits per heavy atom. The molecule has 0 radical (unpaired) electrons. The van der Waals surface area contributed by atoms with E-state index in [-0.39, 0.29) is 30.6 Å². The fraction of sp³-hybridized carbons (Fsp3) is 0.895. The van der Waals surface area contributed by atoms with Crippen molar-refractivity contribution in [3.63, 3.8) is 0 Å². The number of rotatable bonds is 12. The van der Waals surface area contributed by atoms with E-state index in [0.29, 0.717) is 5.92 Å². The average Bonchev–Trinajstić information content (AvgIpc) is 2.54. The van der Waals surface area contributed by atoms with Gasteiger partial charge in [0.2, 0.25) is 5.91 Å². The third-order valence-electron chi connectivity index (χ3n) is 4.89. The van der Waals surface area contributed by atoms with Crippen molar-refractivity contribution in [1.29, 1.82) is 0 Å². The second kappa shape index (κ2) is 10.8. The Kier molecular flexibility index (Phi) is 10.3. The molecule has 4 atom stereocenters. The second-order valence-electron chi connectivity index (χ2n) is 7.87. The maximum Gasteiger partial charge on any atom is 0.326 e. The summed E-state index contributed by atoms with van der Waals surface area (Å²) in [6, 6.07) is -0.671. The molecule has 3 N–H and O–H groups in total. The van der Waals surface area contributed by atoms with Gasteiger partial charge in [0.05, 0.1) is 18.1 Å². The third-order valence-corrected chi connectivity index (χ3v) is 4.89. The Balaban J connectivity index is 4.92. The summed E-state index contributed by atoms with van der Waals surface area (Å²) in [5, 5.41) is 15.2. The summed E-state index contributed by atoms with van der Waals surface area (Å²) in [6.45, 7) is 13.8. The minimum atomic E-state index is -1.02. The van der Waals surface area contributed by atoms with Gasteiger partial charge >= 0.3 is 5.97 Å². The number of aliphatic carboxylic acids is 1. The van der Waals surface area contributed by atoms with Crippen LogP contribution in [-0.4, -0.2) is 48.8 Å². The largest absolute Gasteiger partial charge is 0.480 e. The van der Waals surface area contributed by atoms with E-state index < -0.39 is 17.4 Å². The highest BCUT2D eigenvalue weighted by atomic mass is 16.5. The van der Waals surface area contributed by atoms with E-state index in [1.54, 1.807) is 27.7 Å². The SMILES string of the molecule is CCC(OCC(C)(C)C(=O)N[C@H](C(=O)O)C(C)C)[C@@H](NC)[C@H](C)CC. The Labute approximate surface area is 153 Å². The van der Waals surface area contributed by atoms with Crippen molar-refractivity contribution in [2.45, 2.75) is 79.5 Å². The van der Waals surface area contributed by atoms with Gasteiger partial charge in [-0.05, 0) is 39.2 Å². The molecule has 0 heterocycles. The smallest absolute Gasteiger partial charge is 0.326 e. The molecular weight excluding hydrogens is 320 g/mol. The van der Waals surface area contributed by atoms with Crippen molar-refractivity contribution >= 4 is 11.9 Å². The molecule has 1 unspecified atom stereocenters. The molecule has 0 rings (SSSR count). The van der Waals surface area contributed by atoms with Crippen LogP contribution in [0.5, 0.6) is 0 Å². The summed E-state index contributed by atoms with van der Waals surface area (Å²) in [7, 11) is 1.93. The number of carboxylic acids is 1. The van der Waals surface area contributed by atoms with Gasteiger partial charge in [0.1, 0.15) is 6.04 Å². The molecule has 0 aromatic rings. The lowest BCUT2D eigenvalue weighted by Gasteiger charge is -2.34. The highest BCUT2D eigenvalue weighted by Crippen LogP contribution is 2.22. The van der Waals surface area contributed by atoms with Crippen LogP contribution >= 0.6 is 0 Å². The first kappa shape index (κ1) is 23.9. The maximum atomic E-state index is 12.5. The van der Waals surface area contributed by atoms with E-state index in [9.17, 15) is 14.7 Å². The van der Waals surface area contributed by atoms with Crippen LogP contribution in [0, 0.1) is 17.3 Å². The molecule has 0 bridgehead atoms. The fourth-order valence-corrected chi connectivity index (χ4v) is 2.80. The lowest BCUT2D eigenvalue weighted by molar-refractivity contribution is -0.146. The van der Waals surface area contributed by atoms with Gasteiger partial charge in [-0.3, -0.25) is 4.79 Å². The lowest BCUT2D eigenvalue weighted by Crippen LogP contribution is -2.51. The number of hydrogen-bond acceptors (Lipinski definition) is 4. The molecule has 0 saturated carbocycles. The van der Waals surface area contributed by atoms with Gasteiger partial charge in [-0.1, -0.05) is 41.0 Å². The predicted octanol–water partition coefficient (Wildman–Crippen LogP) is 2.67. The summed E-state index contributed by atoms with van der Waals surface area (Å²) in [5.74, 6) is -1.03. The topological polar surface area (TPSA) is 87.7 Å². The summed E-state index contributed by atoms with van der Waals surface area (Å²) in [6.07, 6.45) is 1.90. The van der Waals surface area contributed by atoms with Crippen LogP contribution in [0.3, 0.4) is 0 Å². The normalized spacial score (nSPS) is 17.0. The summed E-state index contributed by atoms with van der Waals surface area (Å²) < 4.78 is 6.08. The first-order valence-corrected chi connectivity index (χ1v) is 9.34. The molecule has 0 aliphatic heterocycles. The predicted molar refractivity (Wildman–Crippen MR) is 101 cm³/mol. The number of amides is 1. The van der Waals surface area contributed by atoms with Gasteiger partial charge in [-0.25, -0.2) is 4.79 Å². The maximum absolute atomic E-state index is 12.5. The summed E-state index contributed by atoms with van der Waals surface area (Å²) in [5.41, 5.74) is -0.802. The van der Waals surface area contributed by atoms with Crippen LogP contribution in [0.2, 0.25) is 0 Å². The van der Waals surface area contributed by atoms with Crippen LogP contribution in [0.25, 0.3) is 0 Å². The fourth-order valence-electron chi connectivity index (χ4n) is 2.80. The average molecular weight is 359 g/mol. The first-order valence-electron chi connectivity index (χ1n) is 9.34. The van der Waals surface area contributed by atoms with Crippen LogP contribution in [0.4, 0.5) is 0 Å². The summed E-state index contributed by atoms with van der Waals surface area (Å²) >= 11 is 0. The van der Waals surface area contributed by atoms with E-state index in [4.69, 9.17) is 4.74 Å². The number of ether oxygens (including phenoxy) is 1. The minimum absolute atomic E-state index is 0.00685. The van der Waals surface area contributed by atoms with Crippen LogP contribution in [0.15, 0.2) is 0 Å². The van der Waals surface area contributed by atoms with Crippen molar-refractivity contribution < 1.29 is 19.4 Å². The highest BCUT2D eigenvalue weighted by molar-refractivity contribution is 5.87. The molecule has 6 nitrogen and oxygen atoms in total. The molecule has 0 aromatic carbocycles. The highest BCUT2D eigenvalue weighted by Gasteiger charge is 2.34. The van der Waals surface area contributed by atoms with Crippen LogP contribution in [-0.2, 0) is 14.3 Å². The Morgan fingerprint density at radius 3 is 2.04 bits per heavy atom. The van der Waals surface area contributed by atoms with Gasteiger partial charge in [0.25, 0.3) is 0 Å². The Hall–Kier alpha value is -1.14. The molecule has 0 saturated heterocycles. The van der Waals surface area contributed by atoms with Crippen molar-refractivity contribution in [3.05, 3.63) is 0 Å². The van der Waals surface area contributed by atoms with Gasteiger partial charge in [0, 0.05) is 6.04 Å². The molecule has 148 valence electrons. The number of likely N-dealkylation sites (N-methyl/N-ethyl adjacent to an activating group) is 1. The van der Waals surface area contributed by atoms with Crippen LogP contribution in [0.1, 0.15) is 61.3 Å². The van der Waals surface area contributed by atoms with E-state index in [1.165, 1.54) is 0 Å².